The molecule has 0 spiro atoms. The smallest absolute Gasteiger partial charge is 0.0115 e. The van der Waals surface area contributed by atoms with Gasteiger partial charge in [0.25, 0.3) is 0 Å². The normalized spacial score (nSPS) is 29.5. The van der Waals surface area contributed by atoms with Crippen molar-refractivity contribution in [2.75, 3.05) is 14.1 Å². The summed E-state index contributed by atoms with van der Waals surface area (Å²) in [5.74, 6) is 0.920. The molecule has 0 aromatic rings. The first-order valence-electron chi connectivity index (χ1n) is 5.38. The first-order valence-corrected chi connectivity index (χ1v) is 5.38. The van der Waals surface area contributed by atoms with Crippen molar-refractivity contribution < 1.29 is 0 Å². The maximum atomic E-state index is 2.38. The lowest BCUT2D eigenvalue weighted by Gasteiger charge is -2.33. The molecule has 0 heterocycles. The van der Waals surface area contributed by atoms with Gasteiger partial charge in [0.1, 0.15) is 0 Å². The van der Waals surface area contributed by atoms with E-state index >= 15 is 0 Å². The molecule has 1 fully saturated rings. The summed E-state index contributed by atoms with van der Waals surface area (Å²) in [6.45, 7) is 6.38. The summed E-state index contributed by atoms with van der Waals surface area (Å²) in [5, 5.41) is 0. The van der Waals surface area contributed by atoms with Crippen LogP contribution in [0.4, 0.5) is 0 Å². The number of hydrogen-bond donors (Lipinski definition) is 0. The van der Waals surface area contributed by atoms with Crippen LogP contribution in [0.2, 0.25) is 0 Å². The lowest BCUT2D eigenvalue weighted by Crippen LogP contribution is -2.36. The molecular weight excluding hydrogens is 146 g/mol. The molecule has 1 saturated carbocycles. The average Bonchev–Trinajstić information content (AvgIpc) is 2.08. The third kappa shape index (κ3) is 3.57. The van der Waals surface area contributed by atoms with Gasteiger partial charge in [0, 0.05) is 6.04 Å². The van der Waals surface area contributed by atoms with Crippen molar-refractivity contribution in [3.05, 3.63) is 0 Å². The van der Waals surface area contributed by atoms with Crippen molar-refractivity contribution in [1.82, 2.24) is 4.90 Å². The highest BCUT2D eigenvalue weighted by molar-refractivity contribution is 4.77. The minimum atomic E-state index is 0.855. The predicted molar refractivity (Wildman–Crippen MR) is 56.5 cm³/mol. The van der Waals surface area contributed by atoms with Crippen LogP contribution < -0.4 is 0 Å². The molecule has 2 atom stereocenters. The Kier molecular flexibility index (Phi) is 6.45. The highest BCUT2D eigenvalue weighted by atomic mass is 15.1. The fourth-order valence-electron chi connectivity index (χ4n) is 2.06. The molecule has 2 unspecified atom stereocenters. The van der Waals surface area contributed by atoms with Gasteiger partial charge in [-0.25, -0.2) is 0 Å². The van der Waals surface area contributed by atoms with E-state index in [9.17, 15) is 0 Å². The molecule has 0 N–H and O–H groups in total. The molecule has 0 saturated heterocycles. The number of hydrogen-bond acceptors (Lipinski definition) is 1. The molecule has 1 heteroatoms. The molecular formula is C11H25N. The molecule has 0 aliphatic heterocycles. The SMILES string of the molecule is CC.CC1CCCCC1N(C)C. The standard InChI is InChI=1S/C9H19N.C2H6/c1-8-6-4-5-7-9(8)10(2)3;1-2/h8-9H,4-7H2,1-3H3;1-2H3. The van der Waals surface area contributed by atoms with Gasteiger partial charge in [-0.2, -0.15) is 0 Å². The molecule has 0 aromatic heterocycles. The van der Waals surface area contributed by atoms with Gasteiger partial charge in [-0.3, -0.25) is 0 Å². The Morgan fingerprint density at radius 3 is 1.83 bits per heavy atom. The summed E-state index contributed by atoms with van der Waals surface area (Å²) in [5.41, 5.74) is 0. The summed E-state index contributed by atoms with van der Waals surface area (Å²) in [6.07, 6.45) is 5.73. The Balaban J connectivity index is 0.000000561. The topological polar surface area (TPSA) is 3.24 Å². The molecule has 1 rings (SSSR count). The zero-order valence-corrected chi connectivity index (χ0v) is 9.43. The van der Waals surface area contributed by atoms with E-state index in [2.05, 4.69) is 25.9 Å². The van der Waals surface area contributed by atoms with E-state index in [1.807, 2.05) is 13.8 Å². The molecule has 1 aliphatic carbocycles. The van der Waals surface area contributed by atoms with E-state index < -0.39 is 0 Å². The number of nitrogens with zero attached hydrogens (tertiary/aromatic N) is 1. The Morgan fingerprint density at radius 2 is 1.50 bits per heavy atom. The third-order valence-electron chi connectivity index (χ3n) is 2.73. The molecule has 1 nitrogen and oxygen atoms in total. The van der Waals surface area contributed by atoms with E-state index in [4.69, 9.17) is 0 Å². The van der Waals surface area contributed by atoms with Crippen molar-refractivity contribution in [3.8, 4) is 0 Å². The fourth-order valence-corrected chi connectivity index (χ4v) is 2.06. The lowest BCUT2D eigenvalue weighted by atomic mass is 9.85. The van der Waals surface area contributed by atoms with Gasteiger partial charge in [0.2, 0.25) is 0 Å². The predicted octanol–water partition coefficient (Wildman–Crippen LogP) is 3.15. The average molecular weight is 171 g/mol. The highest BCUT2D eigenvalue weighted by Crippen LogP contribution is 2.26. The van der Waals surface area contributed by atoms with Crippen molar-refractivity contribution in [2.45, 2.75) is 52.5 Å². The van der Waals surface area contributed by atoms with E-state index in [0.29, 0.717) is 0 Å². The van der Waals surface area contributed by atoms with Crippen LogP contribution in [0.25, 0.3) is 0 Å². The van der Waals surface area contributed by atoms with Crippen LogP contribution in [0.5, 0.6) is 0 Å². The van der Waals surface area contributed by atoms with E-state index in [0.717, 1.165) is 12.0 Å². The van der Waals surface area contributed by atoms with Crippen molar-refractivity contribution >= 4 is 0 Å². The van der Waals surface area contributed by atoms with Crippen molar-refractivity contribution in [2.24, 2.45) is 5.92 Å². The van der Waals surface area contributed by atoms with Crippen LogP contribution in [0, 0.1) is 5.92 Å². The van der Waals surface area contributed by atoms with Crippen LogP contribution >= 0.6 is 0 Å². The zero-order chi connectivity index (χ0) is 9.56. The van der Waals surface area contributed by atoms with Gasteiger partial charge >= 0.3 is 0 Å². The second-order valence-corrected chi connectivity index (χ2v) is 3.79. The van der Waals surface area contributed by atoms with Crippen LogP contribution in [0.15, 0.2) is 0 Å². The molecule has 0 amide bonds. The molecule has 1 aliphatic rings. The third-order valence-corrected chi connectivity index (χ3v) is 2.73. The summed E-state index contributed by atoms with van der Waals surface area (Å²) in [7, 11) is 4.40. The maximum absolute atomic E-state index is 2.38. The van der Waals surface area contributed by atoms with Gasteiger partial charge in [-0.1, -0.05) is 33.6 Å². The largest absolute Gasteiger partial charge is 0.306 e. The molecule has 0 radical (unpaired) electrons. The molecule has 12 heavy (non-hydrogen) atoms. The van der Waals surface area contributed by atoms with Crippen LogP contribution in [-0.2, 0) is 0 Å². The van der Waals surface area contributed by atoms with E-state index in [-0.39, 0.29) is 0 Å². The minimum absolute atomic E-state index is 0.855. The second-order valence-electron chi connectivity index (χ2n) is 3.79. The van der Waals surface area contributed by atoms with Gasteiger partial charge in [-0.15, -0.1) is 0 Å². The first kappa shape index (κ1) is 12.0. The summed E-state index contributed by atoms with van der Waals surface area (Å²) >= 11 is 0. The summed E-state index contributed by atoms with van der Waals surface area (Å²) in [4.78, 5) is 2.38. The Bertz CT molecular complexity index is 99.2. The maximum Gasteiger partial charge on any atom is 0.0115 e. The minimum Gasteiger partial charge on any atom is -0.306 e. The zero-order valence-electron chi connectivity index (χ0n) is 9.43. The van der Waals surface area contributed by atoms with E-state index in [1.54, 1.807) is 0 Å². The van der Waals surface area contributed by atoms with Crippen LogP contribution in [-0.4, -0.2) is 25.0 Å². The van der Waals surface area contributed by atoms with Crippen molar-refractivity contribution in [1.29, 1.82) is 0 Å². The van der Waals surface area contributed by atoms with Gasteiger partial charge in [0.15, 0.2) is 0 Å². The van der Waals surface area contributed by atoms with Gasteiger partial charge < -0.3 is 4.90 Å². The second kappa shape index (κ2) is 6.47. The highest BCUT2D eigenvalue weighted by Gasteiger charge is 2.22. The van der Waals surface area contributed by atoms with Crippen LogP contribution in [0.3, 0.4) is 0 Å². The Labute approximate surface area is 78.1 Å². The Hall–Kier alpha value is -0.0400. The van der Waals surface area contributed by atoms with Crippen LogP contribution in [0.1, 0.15) is 46.5 Å². The fraction of sp³-hybridized carbons (Fsp3) is 1.00. The van der Waals surface area contributed by atoms with Gasteiger partial charge in [-0.05, 0) is 32.9 Å². The first-order chi connectivity index (χ1) is 5.72. The molecule has 74 valence electrons. The molecule has 0 aromatic carbocycles. The number of rotatable bonds is 1. The summed E-state index contributed by atoms with van der Waals surface area (Å²) in [6, 6.07) is 0.855. The Morgan fingerprint density at radius 1 is 1.00 bits per heavy atom. The lowest BCUT2D eigenvalue weighted by molar-refractivity contribution is 0.167. The van der Waals surface area contributed by atoms with E-state index in [1.165, 1.54) is 25.7 Å². The monoisotopic (exact) mass is 171 g/mol. The quantitative estimate of drug-likeness (QED) is 0.586. The summed E-state index contributed by atoms with van der Waals surface area (Å²) < 4.78 is 0. The molecule has 0 bridgehead atoms. The van der Waals surface area contributed by atoms with Crippen molar-refractivity contribution in [3.63, 3.8) is 0 Å². The van der Waals surface area contributed by atoms with Gasteiger partial charge in [0.05, 0.1) is 0 Å².